The van der Waals surface area contributed by atoms with Gasteiger partial charge in [0.25, 0.3) is 0 Å². The molecule has 0 radical (unpaired) electrons. The number of aliphatic imine (C=N–C) groups is 1. The third-order valence-electron chi connectivity index (χ3n) is 5.89. The second-order valence-corrected chi connectivity index (χ2v) is 8.29. The summed E-state index contributed by atoms with van der Waals surface area (Å²) in [6, 6.07) is 6.19. The van der Waals surface area contributed by atoms with Gasteiger partial charge in [-0.05, 0) is 37.0 Å². The van der Waals surface area contributed by atoms with Crippen LogP contribution in [0.1, 0.15) is 31.7 Å². The highest BCUT2D eigenvalue weighted by atomic mass is 16.5. The molecular formula is C23H38N4O3. The van der Waals surface area contributed by atoms with Crippen molar-refractivity contribution in [2.75, 3.05) is 73.2 Å². The van der Waals surface area contributed by atoms with Crippen LogP contribution in [-0.2, 0) is 4.74 Å². The highest BCUT2D eigenvalue weighted by Gasteiger charge is 2.27. The molecule has 0 amide bonds. The van der Waals surface area contributed by atoms with Crippen LogP contribution in [-0.4, -0.2) is 89.0 Å². The average molecular weight is 419 g/mol. The van der Waals surface area contributed by atoms with Crippen LogP contribution >= 0.6 is 0 Å². The summed E-state index contributed by atoms with van der Waals surface area (Å²) in [6.07, 6.45) is 1.10. The number of methoxy groups -OCH3 is 2. The molecule has 2 heterocycles. The molecule has 2 aliphatic heterocycles. The van der Waals surface area contributed by atoms with Gasteiger partial charge in [-0.15, -0.1) is 0 Å². The first-order valence-electron chi connectivity index (χ1n) is 11.2. The van der Waals surface area contributed by atoms with Gasteiger partial charge in [0.05, 0.1) is 27.4 Å². The third kappa shape index (κ3) is 6.25. The Bertz CT molecular complexity index is 669. The van der Waals surface area contributed by atoms with E-state index in [1.807, 2.05) is 6.07 Å². The van der Waals surface area contributed by atoms with Gasteiger partial charge in [-0.25, -0.2) is 0 Å². The fourth-order valence-electron chi connectivity index (χ4n) is 4.24. The first kappa shape index (κ1) is 22.7. The number of nitrogens with one attached hydrogen (secondary N) is 1. The van der Waals surface area contributed by atoms with Crippen molar-refractivity contribution < 1.29 is 14.2 Å². The standard InChI is InChI=1S/C23H38N4O3/c1-5-24-23(25-15-18(2)16-26-8-10-30-11-9-26)27-7-6-19(17-27)20-12-21(28-3)14-22(13-20)29-4/h12-14,18-19H,5-11,15-17H2,1-4H3,(H,24,25). The predicted molar refractivity (Wildman–Crippen MR) is 121 cm³/mol. The van der Waals surface area contributed by atoms with Crippen LogP contribution in [0.2, 0.25) is 0 Å². The Balaban J connectivity index is 1.60. The Morgan fingerprint density at radius 3 is 2.50 bits per heavy atom. The topological polar surface area (TPSA) is 58.6 Å². The molecule has 1 aromatic carbocycles. The minimum Gasteiger partial charge on any atom is -0.497 e. The van der Waals surface area contributed by atoms with E-state index in [9.17, 15) is 0 Å². The van der Waals surface area contributed by atoms with Gasteiger partial charge < -0.3 is 24.4 Å². The van der Waals surface area contributed by atoms with Crippen molar-refractivity contribution in [2.45, 2.75) is 26.2 Å². The normalized spacial score (nSPS) is 21.5. The summed E-state index contributed by atoms with van der Waals surface area (Å²) < 4.78 is 16.4. The van der Waals surface area contributed by atoms with E-state index in [0.29, 0.717) is 11.8 Å². The third-order valence-corrected chi connectivity index (χ3v) is 5.89. The summed E-state index contributed by atoms with van der Waals surface area (Å²) in [6.45, 7) is 13.0. The summed E-state index contributed by atoms with van der Waals surface area (Å²) in [5.41, 5.74) is 1.27. The smallest absolute Gasteiger partial charge is 0.193 e. The SMILES string of the molecule is CCNC(=NCC(C)CN1CCOCC1)N1CCC(c2cc(OC)cc(OC)c2)C1. The molecule has 30 heavy (non-hydrogen) atoms. The Hall–Kier alpha value is -1.99. The zero-order chi connectivity index (χ0) is 21.3. The van der Waals surface area contributed by atoms with E-state index in [4.69, 9.17) is 19.2 Å². The van der Waals surface area contributed by atoms with Gasteiger partial charge in [0.15, 0.2) is 5.96 Å². The largest absolute Gasteiger partial charge is 0.497 e. The van der Waals surface area contributed by atoms with Gasteiger partial charge >= 0.3 is 0 Å². The average Bonchev–Trinajstić information content (AvgIpc) is 3.27. The van der Waals surface area contributed by atoms with Crippen LogP contribution in [0.15, 0.2) is 23.2 Å². The molecule has 7 heteroatoms. The number of guanidine groups is 1. The van der Waals surface area contributed by atoms with Crippen LogP contribution in [0.5, 0.6) is 11.5 Å². The number of likely N-dealkylation sites (tertiary alicyclic amines) is 1. The second kappa shape index (κ2) is 11.4. The lowest BCUT2D eigenvalue weighted by Crippen LogP contribution is -2.41. The number of hydrogen-bond donors (Lipinski definition) is 1. The quantitative estimate of drug-likeness (QED) is 0.517. The van der Waals surface area contributed by atoms with Crippen LogP contribution in [0.3, 0.4) is 0 Å². The van der Waals surface area contributed by atoms with E-state index in [-0.39, 0.29) is 0 Å². The van der Waals surface area contributed by atoms with Crippen molar-refractivity contribution in [3.8, 4) is 11.5 Å². The zero-order valence-electron chi connectivity index (χ0n) is 19.0. The molecule has 0 spiro atoms. The molecule has 2 saturated heterocycles. The van der Waals surface area contributed by atoms with Gasteiger partial charge in [-0.3, -0.25) is 9.89 Å². The zero-order valence-corrected chi connectivity index (χ0v) is 19.0. The Morgan fingerprint density at radius 1 is 1.17 bits per heavy atom. The lowest BCUT2D eigenvalue weighted by atomic mass is 9.98. The monoisotopic (exact) mass is 418 g/mol. The highest BCUT2D eigenvalue weighted by Crippen LogP contribution is 2.32. The van der Waals surface area contributed by atoms with Crippen molar-refractivity contribution in [2.24, 2.45) is 10.9 Å². The molecule has 3 rings (SSSR count). The van der Waals surface area contributed by atoms with Gasteiger partial charge in [-0.1, -0.05) is 6.92 Å². The van der Waals surface area contributed by atoms with Crippen molar-refractivity contribution in [1.82, 2.24) is 15.1 Å². The maximum Gasteiger partial charge on any atom is 0.193 e. The predicted octanol–water partition coefficient (Wildman–Crippen LogP) is 2.43. The Labute approximate surface area is 181 Å². The van der Waals surface area contributed by atoms with E-state index in [1.165, 1.54) is 5.56 Å². The van der Waals surface area contributed by atoms with Gasteiger partial charge in [0.1, 0.15) is 11.5 Å². The minimum atomic E-state index is 0.448. The molecular weight excluding hydrogens is 380 g/mol. The molecule has 0 saturated carbocycles. The summed E-state index contributed by atoms with van der Waals surface area (Å²) >= 11 is 0. The van der Waals surface area contributed by atoms with E-state index in [2.05, 4.69) is 41.1 Å². The van der Waals surface area contributed by atoms with Crippen LogP contribution in [0.25, 0.3) is 0 Å². The van der Waals surface area contributed by atoms with Crippen LogP contribution < -0.4 is 14.8 Å². The van der Waals surface area contributed by atoms with Gasteiger partial charge in [0, 0.05) is 57.8 Å². The number of benzene rings is 1. The number of morpholine rings is 1. The van der Waals surface area contributed by atoms with E-state index in [0.717, 1.165) is 82.9 Å². The number of nitrogens with zero attached hydrogens (tertiary/aromatic N) is 3. The maximum absolute atomic E-state index is 5.46. The molecule has 0 aromatic heterocycles. The molecule has 7 nitrogen and oxygen atoms in total. The van der Waals surface area contributed by atoms with Crippen molar-refractivity contribution >= 4 is 5.96 Å². The molecule has 0 aliphatic carbocycles. The molecule has 2 atom stereocenters. The maximum atomic E-state index is 5.46. The Kier molecular flexibility index (Phi) is 8.63. The van der Waals surface area contributed by atoms with Crippen molar-refractivity contribution in [1.29, 1.82) is 0 Å². The lowest BCUT2D eigenvalue weighted by Gasteiger charge is -2.29. The van der Waals surface area contributed by atoms with Gasteiger partial charge in [-0.2, -0.15) is 0 Å². The molecule has 1 aromatic rings. The van der Waals surface area contributed by atoms with Crippen LogP contribution in [0.4, 0.5) is 0 Å². The molecule has 2 unspecified atom stereocenters. The fourth-order valence-corrected chi connectivity index (χ4v) is 4.24. The van der Waals surface area contributed by atoms with E-state index < -0.39 is 0 Å². The summed E-state index contributed by atoms with van der Waals surface area (Å²) in [5.74, 6) is 3.70. The molecule has 1 N–H and O–H groups in total. The summed E-state index contributed by atoms with van der Waals surface area (Å²) in [5, 5.41) is 3.49. The molecule has 2 aliphatic rings. The molecule has 168 valence electrons. The summed E-state index contributed by atoms with van der Waals surface area (Å²) in [4.78, 5) is 9.86. The number of ether oxygens (including phenoxy) is 3. The van der Waals surface area contributed by atoms with E-state index in [1.54, 1.807) is 14.2 Å². The second-order valence-electron chi connectivity index (χ2n) is 8.29. The highest BCUT2D eigenvalue weighted by molar-refractivity contribution is 5.80. The van der Waals surface area contributed by atoms with Crippen molar-refractivity contribution in [3.05, 3.63) is 23.8 Å². The number of rotatable bonds is 8. The van der Waals surface area contributed by atoms with E-state index >= 15 is 0 Å². The lowest BCUT2D eigenvalue weighted by molar-refractivity contribution is 0.0323. The van der Waals surface area contributed by atoms with Gasteiger partial charge in [0.2, 0.25) is 0 Å². The fraction of sp³-hybridized carbons (Fsp3) is 0.696. The summed E-state index contributed by atoms with van der Waals surface area (Å²) in [7, 11) is 3.40. The minimum absolute atomic E-state index is 0.448. The first-order valence-corrected chi connectivity index (χ1v) is 11.2. The Morgan fingerprint density at radius 2 is 1.87 bits per heavy atom. The molecule has 2 fully saturated rings. The molecule has 0 bridgehead atoms. The number of hydrogen-bond acceptors (Lipinski definition) is 5. The van der Waals surface area contributed by atoms with Crippen molar-refractivity contribution in [3.63, 3.8) is 0 Å². The first-order chi connectivity index (χ1) is 14.6. The van der Waals surface area contributed by atoms with Crippen LogP contribution in [0, 0.1) is 5.92 Å².